The van der Waals surface area contributed by atoms with Crippen molar-refractivity contribution >= 4 is 28.2 Å². The summed E-state index contributed by atoms with van der Waals surface area (Å²) < 4.78 is 0. The lowest BCUT2D eigenvalue weighted by Crippen LogP contribution is -1.82. The van der Waals surface area contributed by atoms with Gasteiger partial charge in [0.05, 0.1) is 17.1 Å². The van der Waals surface area contributed by atoms with Gasteiger partial charge in [-0.25, -0.2) is 4.85 Å². The molecule has 3 heteroatoms. The normalized spacial score (nSPS) is 10.1. The fourth-order valence-corrected chi connectivity index (χ4v) is 1.79. The maximum Gasteiger partial charge on any atom is 0.199 e. The van der Waals surface area contributed by atoms with Crippen LogP contribution in [0, 0.1) is 13.5 Å². The highest BCUT2D eigenvalue weighted by Gasteiger charge is 2.08. The van der Waals surface area contributed by atoms with Crippen molar-refractivity contribution < 1.29 is 0 Å². The molecule has 14 heavy (non-hydrogen) atoms. The zero-order chi connectivity index (χ0) is 10.1. The Morgan fingerprint density at radius 3 is 3.00 bits per heavy atom. The first kappa shape index (κ1) is 8.98. The molecule has 2 aromatic rings. The molecule has 2 rings (SSSR count). The Labute approximate surface area is 87.0 Å². The fraction of sp³-hybridized carbons (Fsp3) is 0.0909. The van der Waals surface area contributed by atoms with Crippen molar-refractivity contribution in [2.75, 3.05) is 0 Å². The average molecular weight is 203 g/mol. The summed E-state index contributed by atoms with van der Waals surface area (Å²) in [5.41, 5.74) is 2.23. The summed E-state index contributed by atoms with van der Waals surface area (Å²) in [6.45, 7) is 8.97. The van der Waals surface area contributed by atoms with Gasteiger partial charge in [0.25, 0.3) is 0 Å². The number of benzene rings is 1. The Hall–Kier alpha value is -1.59. The summed E-state index contributed by atoms with van der Waals surface area (Å²) in [6, 6.07) is 5.46. The van der Waals surface area contributed by atoms with E-state index in [2.05, 4.69) is 9.83 Å². The molecule has 0 amide bonds. The lowest BCUT2D eigenvalue weighted by Gasteiger charge is -2.04. The maximum atomic E-state index is 7.09. The van der Waals surface area contributed by atoms with E-state index in [9.17, 15) is 0 Å². The molecule has 1 aromatic carbocycles. The number of hydrogen-bond acceptors (Lipinski definition) is 1. The van der Waals surface area contributed by atoms with Crippen molar-refractivity contribution in [1.82, 2.24) is 4.98 Å². The van der Waals surface area contributed by atoms with Crippen molar-refractivity contribution in [3.8, 4) is 0 Å². The fourth-order valence-electron chi connectivity index (χ4n) is 1.47. The van der Waals surface area contributed by atoms with E-state index in [0.29, 0.717) is 16.2 Å². The Bertz CT molecular complexity index is 541. The van der Waals surface area contributed by atoms with Crippen LogP contribution in [-0.2, 0) is 0 Å². The highest BCUT2D eigenvalue weighted by Crippen LogP contribution is 2.33. The van der Waals surface area contributed by atoms with Crippen molar-refractivity contribution in [2.24, 2.45) is 0 Å². The van der Waals surface area contributed by atoms with Crippen LogP contribution in [0.1, 0.15) is 5.56 Å². The Kier molecular flexibility index (Phi) is 2.11. The third kappa shape index (κ3) is 1.23. The van der Waals surface area contributed by atoms with Crippen LogP contribution in [0.2, 0.25) is 5.02 Å². The summed E-state index contributed by atoms with van der Waals surface area (Å²) in [6.07, 6.45) is 1.68. The largest absolute Gasteiger partial charge is 0.256 e. The van der Waals surface area contributed by atoms with Gasteiger partial charge in [0.2, 0.25) is 0 Å². The highest BCUT2D eigenvalue weighted by molar-refractivity contribution is 6.35. The molecule has 0 aliphatic heterocycles. The molecule has 0 N–H and O–H groups in total. The molecule has 0 atom stereocenters. The second kappa shape index (κ2) is 3.28. The second-order valence-corrected chi connectivity index (χ2v) is 3.44. The topological polar surface area (TPSA) is 17.2 Å². The van der Waals surface area contributed by atoms with Crippen molar-refractivity contribution in [2.45, 2.75) is 6.92 Å². The molecule has 0 bridgehead atoms. The highest BCUT2D eigenvalue weighted by atomic mass is 35.5. The van der Waals surface area contributed by atoms with Crippen molar-refractivity contribution in [3.05, 3.63) is 46.4 Å². The first-order valence-electron chi connectivity index (χ1n) is 4.15. The van der Waals surface area contributed by atoms with E-state index < -0.39 is 0 Å². The predicted octanol–water partition coefficient (Wildman–Crippen LogP) is 3.75. The van der Waals surface area contributed by atoms with E-state index in [4.69, 9.17) is 18.2 Å². The standard InChI is InChI=1S/C11H7ClN2/c1-7-6-9(12)11-8(10(7)13-2)4-3-5-14-11/h3-6H,1H3. The van der Waals surface area contributed by atoms with Gasteiger partial charge < -0.3 is 0 Å². The van der Waals surface area contributed by atoms with Crippen LogP contribution < -0.4 is 0 Å². The van der Waals surface area contributed by atoms with E-state index in [0.717, 1.165) is 10.9 Å². The summed E-state index contributed by atoms with van der Waals surface area (Å²) in [5.74, 6) is 0. The van der Waals surface area contributed by atoms with Gasteiger partial charge in [0.1, 0.15) is 0 Å². The molecule has 1 heterocycles. The smallest absolute Gasteiger partial charge is 0.199 e. The number of aromatic nitrogens is 1. The molecule has 0 saturated carbocycles. The molecule has 0 aliphatic carbocycles. The van der Waals surface area contributed by atoms with Crippen LogP contribution >= 0.6 is 11.6 Å². The minimum Gasteiger partial charge on any atom is -0.256 e. The third-order valence-electron chi connectivity index (χ3n) is 2.12. The lowest BCUT2D eigenvalue weighted by atomic mass is 10.1. The first-order chi connectivity index (χ1) is 6.74. The SMILES string of the molecule is [C-]#[N+]c1c(C)cc(Cl)c2ncccc12. The molecule has 1 aromatic heterocycles. The molecular formula is C11H7ClN2. The number of aryl methyl sites for hydroxylation is 1. The first-order valence-corrected chi connectivity index (χ1v) is 4.53. The molecule has 0 unspecified atom stereocenters. The number of pyridine rings is 1. The van der Waals surface area contributed by atoms with Crippen LogP contribution in [0.25, 0.3) is 15.7 Å². The van der Waals surface area contributed by atoms with Crippen LogP contribution in [0.5, 0.6) is 0 Å². The second-order valence-electron chi connectivity index (χ2n) is 3.04. The van der Waals surface area contributed by atoms with Gasteiger partial charge in [-0.2, -0.15) is 0 Å². The monoisotopic (exact) mass is 202 g/mol. The van der Waals surface area contributed by atoms with Gasteiger partial charge in [0.15, 0.2) is 5.69 Å². The summed E-state index contributed by atoms with van der Waals surface area (Å²) in [5, 5.41) is 1.43. The van der Waals surface area contributed by atoms with Crippen molar-refractivity contribution in [1.29, 1.82) is 0 Å². The minimum atomic E-state index is 0.602. The van der Waals surface area contributed by atoms with Gasteiger partial charge in [-0.05, 0) is 24.6 Å². The average Bonchev–Trinajstić information content (AvgIpc) is 2.18. The summed E-state index contributed by atoms with van der Waals surface area (Å²) in [7, 11) is 0. The number of hydrogen-bond donors (Lipinski definition) is 0. The predicted molar refractivity (Wildman–Crippen MR) is 57.8 cm³/mol. The van der Waals surface area contributed by atoms with Crippen molar-refractivity contribution in [3.63, 3.8) is 0 Å². The van der Waals surface area contributed by atoms with Crippen LogP contribution in [0.3, 0.4) is 0 Å². The van der Waals surface area contributed by atoms with Gasteiger partial charge in [0, 0.05) is 11.6 Å². The van der Waals surface area contributed by atoms with E-state index in [1.165, 1.54) is 0 Å². The summed E-state index contributed by atoms with van der Waals surface area (Å²) in [4.78, 5) is 7.65. The zero-order valence-corrected chi connectivity index (χ0v) is 8.34. The molecular weight excluding hydrogens is 196 g/mol. The van der Waals surface area contributed by atoms with E-state index in [1.807, 2.05) is 19.1 Å². The van der Waals surface area contributed by atoms with E-state index >= 15 is 0 Å². The lowest BCUT2D eigenvalue weighted by molar-refractivity contribution is 1.40. The van der Waals surface area contributed by atoms with E-state index in [-0.39, 0.29) is 0 Å². The third-order valence-corrected chi connectivity index (χ3v) is 2.41. The molecule has 0 aliphatic rings. The number of nitrogens with zero attached hydrogens (tertiary/aromatic N) is 2. The molecule has 0 fully saturated rings. The molecule has 68 valence electrons. The van der Waals surface area contributed by atoms with Gasteiger partial charge in [-0.1, -0.05) is 17.7 Å². The number of rotatable bonds is 0. The number of halogens is 1. The summed E-state index contributed by atoms with van der Waals surface area (Å²) >= 11 is 6.03. The van der Waals surface area contributed by atoms with Gasteiger partial charge >= 0.3 is 0 Å². The van der Waals surface area contributed by atoms with Gasteiger partial charge in [-0.15, -0.1) is 0 Å². The van der Waals surface area contributed by atoms with Crippen LogP contribution in [-0.4, -0.2) is 4.98 Å². The minimum absolute atomic E-state index is 0.602. The van der Waals surface area contributed by atoms with Gasteiger partial charge in [-0.3, -0.25) is 4.98 Å². The quantitative estimate of drug-likeness (QED) is 0.595. The molecule has 0 saturated heterocycles. The van der Waals surface area contributed by atoms with Crippen LogP contribution in [0.4, 0.5) is 5.69 Å². The molecule has 2 nitrogen and oxygen atoms in total. The maximum absolute atomic E-state index is 7.09. The van der Waals surface area contributed by atoms with Crippen LogP contribution in [0.15, 0.2) is 24.4 Å². The van der Waals surface area contributed by atoms with E-state index in [1.54, 1.807) is 12.3 Å². The molecule has 0 radical (unpaired) electrons. The molecule has 0 spiro atoms. The Balaban J connectivity index is 3.00. The Morgan fingerprint density at radius 2 is 2.29 bits per heavy atom. The Morgan fingerprint density at radius 1 is 1.50 bits per heavy atom. The number of fused-ring (bicyclic) bond motifs is 1. The zero-order valence-electron chi connectivity index (χ0n) is 7.58.